The molecular weight excluding hydrogens is 246 g/mol. The van der Waals surface area contributed by atoms with E-state index in [1.54, 1.807) is 0 Å². The number of carbonyl (C=O) groups excluding carboxylic acids is 1. The molecule has 0 fully saturated rings. The number of rotatable bonds is 8. The first-order chi connectivity index (χ1) is 8.33. The number of thiocarbonyl (C=S) groups is 1. The van der Waals surface area contributed by atoms with E-state index < -0.39 is 0 Å². The van der Waals surface area contributed by atoms with Gasteiger partial charge in [0.25, 0.3) is 0 Å². The van der Waals surface area contributed by atoms with Crippen LogP contribution in [0.4, 0.5) is 0 Å². The molecule has 3 N–H and O–H groups in total. The fourth-order valence-corrected chi connectivity index (χ4v) is 2.06. The topological polar surface area (TPSA) is 58.4 Å². The zero-order valence-electron chi connectivity index (χ0n) is 12.2. The van der Waals surface area contributed by atoms with Gasteiger partial charge in [0.1, 0.15) is 0 Å². The van der Waals surface area contributed by atoms with Crippen LogP contribution in [0, 0.1) is 0 Å². The number of nitrogens with zero attached hydrogens (tertiary/aromatic N) is 1. The molecule has 0 aliphatic carbocycles. The molecule has 0 bridgehead atoms. The lowest BCUT2D eigenvalue weighted by Crippen LogP contribution is -2.52. The predicted molar refractivity (Wildman–Crippen MR) is 80.6 cm³/mol. The van der Waals surface area contributed by atoms with Crippen molar-refractivity contribution in [2.45, 2.75) is 65.6 Å². The number of nitrogens with two attached hydrogens (primary N) is 1. The average molecular weight is 273 g/mol. The Balaban J connectivity index is 4.60. The molecule has 0 saturated heterocycles. The van der Waals surface area contributed by atoms with Crippen molar-refractivity contribution >= 4 is 23.1 Å². The first-order valence-corrected chi connectivity index (χ1v) is 7.08. The van der Waals surface area contributed by atoms with Gasteiger partial charge >= 0.3 is 0 Å². The molecule has 0 heterocycles. The van der Waals surface area contributed by atoms with Gasteiger partial charge in [0.15, 0.2) is 0 Å². The zero-order valence-corrected chi connectivity index (χ0v) is 13.0. The second-order valence-corrected chi connectivity index (χ2v) is 5.45. The minimum absolute atomic E-state index is 0.0497. The Morgan fingerprint density at radius 2 is 1.78 bits per heavy atom. The maximum absolute atomic E-state index is 12.2. The molecule has 0 aliphatic rings. The molecule has 5 heteroatoms. The number of amides is 1. The quantitative estimate of drug-likeness (QED) is 0.661. The second kappa shape index (κ2) is 8.43. The average Bonchev–Trinajstić information content (AvgIpc) is 2.31. The van der Waals surface area contributed by atoms with Gasteiger partial charge in [-0.2, -0.15) is 0 Å². The van der Waals surface area contributed by atoms with Crippen LogP contribution in [0.2, 0.25) is 0 Å². The second-order valence-electron chi connectivity index (χ2n) is 4.93. The lowest BCUT2D eigenvalue weighted by atomic mass is 10.1. The summed E-state index contributed by atoms with van der Waals surface area (Å²) < 4.78 is 0. The van der Waals surface area contributed by atoms with E-state index in [4.69, 9.17) is 18.0 Å². The van der Waals surface area contributed by atoms with Crippen LogP contribution in [0.3, 0.4) is 0 Å². The summed E-state index contributed by atoms with van der Waals surface area (Å²) in [5.41, 5.74) is 5.58. The lowest BCUT2D eigenvalue weighted by molar-refractivity contribution is -0.127. The molecule has 0 spiro atoms. The molecule has 1 amide bonds. The molecule has 0 aliphatic heterocycles. The van der Waals surface area contributed by atoms with Crippen molar-refractivity contribution in [3.63, 3.8) is 0 Å². The molecule has 4 nitrogen and oxygen atoms in total. The van der Waals surface area contributed by atoms with Crippen LogP contribution in [-0.2, 0) is 4.79 Å². The first-order valence-electron chi connectivity index (χ1n) is 6.67. The van der Waals surface area contributed by atoms with E-state index in [1.807, 2.05) is 25.7 Å². The highest BCUT2D eigenvalue weighted by molar-refractivity contribution is 7.80. The van der Waals surface area contributed by atoms with E-state index in [9.17, 15) is 4.79 Å². The third kappa shape index (κ3) is 5.78. The van der Waals surface area contributed by atoms with Gasteiger partial charge < -0.3 is 11.1 Å². The van der Waals surface area contributed by atoms with Crippen molar-refractivity contribution in [1.82, 2.24) is 10.2 Å². The first kappa shape index (κ1) is 17.3. The standard InChI is InChI=1S/C13H27N3OS/c1-6-11(7-2)15-13(17)10(5)16(9(3)4)8-12(14)18/h9-11H,6-8H2,1-5H3,(H2,14,18)(H,15,17). The Hall–Kier alpha value is -0.680. The third-order valence-electron chi connectivity index (χ3n) is 3.21. The molecule has 0 aromatic heterocycles. The normalized spacial score (nSPS) is 13.1. The van der Waals surface area contributed by atoms with Crippen molar-refractivity contribution < 1.29 is 4.79 Å². The fourth-order valence-electron chi connectivity index (χ4n) is 1.91. The molecular formula is C13H27N3OS. The van der Waals surface area contributed by atoms with E-state index in [-0.39, 0.29) is 24.0 Å². The van der Waals surface area contributed by atoms with Crippen LogP contribution >= 0.6 is 12.2 Å². The Labute approximate surface area is 116 Å². The number of carbonyl (C=O) groups is 1. The number of hydrogen-bond acceptors (Lipinski definition) is 3. The largest absolute Gasteiger partial charge is 0.392 e. The summed E-state index contributed by atoms with van der Waals surface area (Å²) in [6.45, 7) is 10.6. The van der Waals surface area contributed by atoms with Gasteiger partial charge in [0.05, 0.1) is 11.0 Å². The molecule has 0 saturated carbocycles. The summed E-state index contributed by atoms with van der Waals surface area (Å²) in [4.78, 5) is 14.6. The highest BCUT2D eigenvalue weighted by atomic mass is 32.1. The summed E-state index contributed by atoms with van der Waals surface area (Å²) in [6, 6.07) is 0.264. The van der Waals surface area contributed by atoms with Crippen LogP contribution in [0.25, 0.3) is 0 Å². The van der Waals surface area contributed by atoms with Gasteiger partial charge in [-0.1, -0.05) is 26.1 Å². The predicted octanol–water partition coefficient (Wildman–Crippen LogP) is 1.68. The van der Waals surface area contributed by atoms with E-state index in [0.717, 1.165) is 12.8 Å². The Morgan fingerprint density at radius 3 is 2.11 bits per heavy atom. The highest BCUT2D eigenvalue weighted by Crippen LogP contribution is 2.07. The van der Waals surface area contributed by atoms with Gasteiger partial charge in [-0.05, 0) is 33.6 Å². The summed E-state index contributed by atoms with van der Waals surface area (Å²) in [5, 5.41) is 3.06. The van der Waals surface area contributed by atoms with E-state index in [2.05, 4.69) is 19.2 Å². The smallest absolute Gasteiger partial charge is 0.237 e. The minimum atomic E-state index is -0.216. The molecule has 0 rings (SSSR count). The highest BCUT2D eigenvalue weighted by Gasteiger charge is 2.25. The van der Waals surface area contributed by atoms with Gasteiger partial charge in [-0.25, -0.2) is 0 Å². The van der Waals surface area contributed by atoms with Gasteiger partial charge in [0, 0.05) is 18.6 Å². The van der Waals surface area contributed by atoms with Crippen molar-refractivity contribution in [2.75, 3.05) is 6.54 Å². The minimum Gasteiger partial charge on any atom is -0.392 e. The molecule has 0 radical (unpaired) electrons. The maximum atomic E-state index is 12.2. The molecule has 18 heavy (non-hydrogen) atoms. The Kier molecular flexibility index (Phi) is 8.11. The molecule has 106 valence electrons. The van der Waals surface area contributed by atoms with E-state index in [1.165, 1.54) is 0 Å². The molecule has 0 aromatic carbocycles. The van der Waals surface area contributed by atoms with Crippen molar-refractivity contribution in [3.8, 4) is 0 Å². The van der Waals surface area contributed by atoms with Crippen LogP contribution < -0.4 is 11.1 Å². The van der Waals surface area contributed by atoms with Crippen LogP contribution in [-0.4, -0.2) is 40.5 Å². The summed E-state index contributed by atoms with van der Waals surface area (Å²) in [7, 11) is 0. The van der Waals surface area contributed by atoms with Gasteiger partial charge in [0.2, 0.25) is 5.91 Å². The Morgan fingerprint density at radius 1 is 1.28 bits per heavy atom. The fraction of sp³-hybridized carbons (Fsp3) is 0.846. The summed E-state index contributed by atoms with van der Waals surface area (Å²) >= 11 is 4.93. The van der Waals surface area contributed by atoms with E-state index in [0.29, 0.717) is 11.5 Å². The maximum Gasteiger partial charge on any atom is 0.237 e. The van der Waals surface area contributed by atoms with Gasteiger partial charge in [-0.15, -0.1) is 0 Å². The monoisotopic (exact) mass is 273 g/mol. The number of nitrogens with one attached hydrogen (secondary N) is 1. The van der Waals surface area contributed by atoms with E-state index >= 15 is 0 Å². The molecule has 1 unspecified atom stereocenters. The number of hydrogen-bond donors (Lipinski definition) is 2. The molecule has 1 atom stereocenters. The third-order valence-corrected chi connectivity index (χ3v) is 3.34. The summed E-state index contributed by atoms with van der Waals surface area (Å²) in [5.74, 6) is 0.0497. The van der Waals surface area contributed by atoms with Crippen molar-refractivity contribution in [2.24, 2.45) is 5.73 Å². The van der Waals surface area contributed by atoms with Gasteiger partial charge in [-0.3, -0.25) is 9.69 Å². The van der Waals surface area contributed by atoms with Crippen LogP contribution in [0.1, 0.15) is 47.5 Å². The Bertz CT molecular complexity index is 277. The molecule has 0 aromatic rings. The summed E-state index contributed by atoms with van der Waals surface area (Å²) in [6.07, 6.45) is 1.90. The van der Waals surface area contributed by atoms with Crippen LogP contribution in [0.15, 0.2) is 0 Å². The van der Waals surface area contributed by atoms with Crippen LogP contribution in [0.5, 0.6) is 0 Å². The van der Waals surface area contributed by atoms with Crippen molar-refractivity contribution in [3.05, 3.63) is 0 Å². The lowest BCUT2D eigenvalue weighted by Gasteiger charge is -2.32. The van der Waals surface area contributed by atoms with Crippen molar-refractivity contribution in [1.29, 1.82) is 0 Å². The SMILES string of the molecule is CCC(CC)NC(=O)C(C)N(CC(N)=S)C(C)C. The zero-order chi connectivity index (χ0) is 14.3.